The Balaban J connectivity index is 2.63. The lowest BCUT2D eigenvalue weighted by Gasteiger charge is -2.17. The number of rotatable bonds is 5. The quantitative estimate of drug-likeness (QED) is 0.892. The smallest absolute Gasteiger partial charge is 0.364 e. The van der Waals surface area contributed by atoms with E-state index < -0.39 is 12.3 Å². The van der Waals surface area contributed by atoms with Gasteiger partial charge in [-0.2, -0.15) is 13.2 Å². The van der Waals surface area contributed by atoms with Crippen LogP contribution in [0.25, 0.3) is 0 Å². The minimum absolute atomic E-state index is 0.0684. The molecule has 0 spiro atoms. The van der Waals surface area contributed by atoms with Crippen LogP contribution in [0, 0.1) is 0 Å². The van der Waals surface area contributed by atoms with Crippen molar-refractivity contribution in [3.05, 3.63) is 33.8 Å². The average Bonchev–Trinajstić information content (AvgIpc) is 2.26. The normalized spacial score (nSPS) is 13.7. The van der Waals surface area contributed by atoms with E-state index in [9.17, 15) is 13.2 Å². The third kappa shape index (κ3) is 4.59. The summed E-state index contributed by atoms with van der Waals surface area (Å²) in [6, 6.07) is 5.49. The molecule has 0 saturated carbocycles. The van der Waals surface area contributed by atoms with Crippen molar-refractivity contribution >= 4 is 15.9 Å². The molecule has 1 atom stereocenters. The molecule has 0 aliphatic carbocycles. The third-order valence-corrected chi connectivity index (χ3v) is 3.19. The van der Waals surface area contributed by atoms with Gasteiger partial charge in [-0.1, -0.05) is 28.1 Å². The first-order chi connectivity index (χ1) is 8.34. The zero-order valence-corrected chi connectivity index (χ0v) is 11.7. The van der Waals surface area contributed by atoms with E-state index in [4.69, 9.17) is 4.74 Å². The zero-order chi connectivity index (χ0) is 13.8. The summed E-state index contributed by atoms with van der Waals surface area (Å²) in [5, 5.41) is 3.00. The molecule has 0 heterocycles. The summed E-state index contributed by atoms with van der Waals surface area (Å²) >= 11 is 3.33. The third-order valence-electron chi connectivity index (χ3n) is 2.45. The van der Waals surface area contributed by atoms with E-state index in [1.807, 2.05) is 19.2 Å². The number of hydrogen-bond donors (Lipinski definition) is 1. The second-order valence-electron chi connectivity index (χ2n) is 3.95. The highest BCUT2D eigenvalue weighted by atomic mass is 79.9. The molecule has 2 nitrogen and oxygen atoms in total. The first-order valence-corrected chi connectivity index (χ1v) is 6.24. The van der Waals surface area contributed by atoms with Gasteiger partial charge in [-0.05, 0) is 31.2 Å². The van der Waals surface area contributed by atoms with E-state index in [2.05, 4.69) is 21.2 Å². The van der Waals surface area contributed by atoms with Crippen molar-refractivity contribution in [1.29, 1.82) is 0 Å². The van der Waals surface area contributed by atoms with Crippen LogP contribution in [0.3, 0.4) is 0 Å². The van der Waals surface area contributed by atoms with Gasteiger partial charge in [0.2, 0.25) is 0 Å². The first-order valence-electron chi connectivity index (χ1n) is 5.45. The van der Waals surface area contributed by atoms with Crippen LogP contribution in [0.1, 0.15) is 18.1 Å². The van der Waals surface area contributed by atoms with Crippen LogP contribution in [0.5, 0.6) is 0 Å². The molecule has 0 amide bonds. The van der Waals surface area contributed by atoms with Crippen molar-refractivity contribution in [2.24, 2.45) is 0 Å². The maximum atomic E-state index is 12.3. The summed E-state index contributed by atoms with van der Waals surface area (Å²) in [5.41, 5.74) is 1.75. The van der Waals surface area contributed by atoms with Crippen molar-refractivity contribution in [2.75, 3.05) is 7.05 Å². The molecule has 1 N–H and O–H groups in total. The molecular weight excluding hydrogens is 311 g/mol. The van der Waals surface area contributed by atoms with Gasteiger partial charge in [-0.25, -0.2) is 0 Å². The minimum Gasteiger partial charge on any atom is -0.364 e. The Kier molecular flexibility index (Phi) is 5.62. The molecule has 102 valence electrons. The molecule has 0 aromatic heterocycles. The highest BCUT2D eigenvalue weighted by Gasteiger charge is 2.36. The zero-order valence-electron chi connectivity index (χ0n) is 10.1. The number of ether oxygens (including phenoxy) is 1. The number of alkyl halides is 3. The molecular formula is C12H15BrF3NO. The number of nitrogens with one attached hydrogen (secondary N) is 1. The van der Waals surface area contributed by atoms with Gasteiger partial charge >= 0.3 is 6.18 Å². The standard InChI is InChI=1S/C12H15BrF3NO/c1-8(12(14,15)16)18-7-10-4-3-9(6-17-2)5-11(10)13/h3-5,8,17H,6-7H2,1-2H3. The number of hydrogen-bond acceptors (Lipinski definition) is 2. The Morgan fingerprint density at radius 1 is 1.39 bits per heavy atom. The molecule has 0 bridgehead atoms. The fourth-order valence-electron chi connectivity index (χ4n) is 1.33. The topological polar surface area (TPSA) is 21.3 Å². The molecule has 0 aliphatic heterocycles. The van der Waals surface area contributed by atoms with E-state index in [0.29, 0.717) is 12.1 Å². The predicted molar refractivity (Wildman–Crippen MR) is 67.2 cm³/mol. The van der Waals surface area contributed by atoms with Crippen LogP contribution >= 0.6 is 15.9 Å². The molecule has 0 saturated heterocycles. The monoisotopic (exact) mass is 325 g/mol. The van der Waals surface area contributed by atoms with Gasteiger partial charge in [0.05, 0.1) is 6.61 Å². The van der Waals surface area contributed by atoms with Crippen molar-refractivity contribution < 1.29 is 17.9 Å². The highest BCUT2D eigenvalue weighted by molar-refractivity contribution is 9.10. The van der Waals surface area contributed by atoms with Gasteiger partial charge in [0.15, 0.2) is 6.10 Å². The molecule has 0 fully saturated rings. The van der Waals surface area contributed by atoms with Gasteiger partial charge in [-0.3, -0.25) is 0 Å². The largest absolute Gasteiger partial charge is 0.414 e. The van der Waals surface area contributed by atoms with Gasteiger partial charge in [0.25, 0.3) is 0 Å². The van der Waals surface area contributed by atoms with Crippen LogP contribution in [0.4, 0.5) is 13.2 Å². The lowest BCUT2D eigenvalue weighted by atomic mass is 10.1. The van der Waals surface area contributed by atoms with Crippen LogP contribution in [-0.4, -0.2) is 19.3 Å². The van der Waals surface area contributed by atoms with Gasteiger partial charge in [0.1, 0.15) is 0 Å². The molecule has 1 rings (SSSR count). The lowest BCUT2D eigenvalue weighted by Crippen LogP contribution is -2.28. The maximum absolute atomic E-state index is 12.3. The summed E-state index contributed by atoms with van der Waals surface area (Å²) in [7, 11) is 1.83. The van der Waals surface area contributed by atoms with Crippen LogP contribution < -0.4 is 5.32 Å². The van der Waals surface area contributed by atoms with Gasteiger partial charge in [0, 0.05) is 11.0 Å². The Morgan fingerprint density at radius 3 is 2.56 bits per heavy atom. The fourth-order valence-corrected chi connectivity index (χ4v) is 1.87. The summed E-state index contributed by atoms with van der Waals surface area (Å²) in [6.07, 6.45) is -6.08. The highest BCUT2D eigenvalue weighted by Crippen LogP contribution is 2.25. The van der Waals surface area contributed by atoms with Gasteiger partial charge in [-0.15, -0.1) is 0 Å². The fraction of sp³-hybridized carbons (Fsp3) is 0.500. The number of halogens is 4. The SMILES string of the molecule is CNCc1ccc(COC(C)C(F)(F)F)c(Br)c1. The van der Waals surface area contributed by atoms with Gasteiger partial charge < -0.3 is 10.1 Å². The van der Waals surface area contributed by atoms with E-state index in [1.165, 1.54) is 0 Å². The summed E-state index contributed by atoms with van der Waals surface area (Å²) in [6.45, 7) is 1.64. The molecule has 0 radical (unpaired) electrons. The predicted octanol–water partition coefficient (Wildman–Crippen LogP) is 3.64. The Morgan fingerprint density at radius 2 is 2.06 bits per heavy atom. The molecule has 1 aromatic carbocycles. The Hall–Kier alpha value is -0.590. The minimum atomic E-state index is -4.32. The summed E-state index contributed by atoms with van der Waals surface area (Å²) < 4.78 is 42.4. The molecule has 0 aliphatic rings. The van der Waals surface area contributed by atoms with Crippen molar-refractivity contribution in [3.8, 4) is 0 Å². The molecule has 6 heteroatoms. The van der Waals surface area contributed by atoms with Crippen molar-refractivity contribution in [2.45, 2.75) is 32.4 Å². The van der Waals surface area contributed by atoms with E-state index in [0.717, 1.165) is 17.0 Å². The maximum Gasteiger partial charge on any atom is 0.414 e. The van der Waals surface area contributed by atoms with E-state index in [1.54, 1.807) is 6.07 Å². The second kappa shape index (κ2) is 6.54. The lowest BCUT2D eigenvalue weighted by molar-refractivity contribution is -0.217. The van der Waals surface area contributed by atoms with Crippen molar-refractivity contribution in [3.63, 3.8) is 0 Å². The second-order valence-corrected chi connectivity index (χ2v) is 4.81. The number of benzene rings is 1. The summed E-state index contributed by atoms with van der Waals surface area (Å²) in [4.78, 5) is 0. The van der Waals surface area contributed by atoms with E-state index >= 15 is 0 Å². The van der Waals surface area contributed by atoms with Crippen LogP contribution in [-0.2, 0) is 17.9 Å². The molecule has 1 unspecified atom stereocenters. The van der Waals surface area contributed by atoms with E-state index in [-0.39, 0.29) is 6.61 Å². The average molecular weight is 326 g/mol. The molecule has 18 heavy (non-hydrogen) atoms. The molecule has 1 aromatic rings. The van der Waals surface area contributed by atoms with Crippen LogP contribution in [0.2, 0.25) is 0 Å². The Labute approximate surface area is 113 Å². The Bertz CT molecular complexity index is 395. The van der Waals surface area contributed by atoms with Crippen LogP contribution in [0.15, 0.2) is 22.7 Å². The van der Waals surface area contributed by atoms with Crippen molar-refractivity contribution in [1.82, 2.24) is 5.32 Å². The summed E-state index contributed by atoms with van der Waals surface area (Å²) in [5.74, 6) is 0. The first kappa shape index (κ1) is 15.5.